The van der Waals surface area contributed by atoms with Gasteiger partial charge >= 0.3 is 0 Å². The summed E-state index contributed by atoms with van der Waals surface area (Å²) >= 11 is 0. The lowest BCUT2D eigenvalue weighted by Gasteiger charge is -2.35. The van der Waals surface area contributed by atoms with Crippen LogP contribution in [0.3, 0.4) is 0 Å². The quantitative estimate of drug-likeness (QED) is 0.0951. The molecule has 0 aromatic carbocycles. The van der Waals surface area contributed by atoms with Crippen molar-refractivity contribution in [1.82, 2.24) is 10.6 Å². The number of hydrogen-bond acceptors (Lipinski definition) is 12. The van der Waals surface area contributed by atoms with Gasteiger partial charge in [-0.2, -0.15) is 0 Å². The molecule has 0 spiro atoms. The molecule has 14 heteroatoms. The van der Waals surface area contributed by atoms with E-state index in [0.29, 0.717) is 37.5 Å². The van der Waals surface area contributed by atoms with Crippen LogP contribution in [0.4, 0.5) is 0 Å². The van der Waals surface area contributed by atoms with Gasteiger partial charge in [-0.25, -0.2) is 0 Å². The van der Waals surface area contributed by atoms with Gasteiger partial charge in [-0.15, -0.1) is 0 Å². The van der Waals surface area contributed by atoms with E-state index in [1.165, 1.54) is 0 Å². The van der Waals surface area contributed by atoms with Gasteiger partial charge in [0.1, 0.15) is 36.6 Å². The van der Waals surface area contributed by atoms with Crippen LogP contribution in [0.15, 0.2) is 0 Å². The van der Waals surface area contributed by atoms with E-state index in [-0.39, 0.29) is 12.1 Å². The van der Waals surface area contributed by atoms with E-state index >= 15 is 0 Å². The normalized spacial score (nSPS) is 30.2. The Kier molecular flexibility index (Phi) is 13.9. The molecule has 2 aliphatic carbocycles. The molecule has 228 valence electrons. The minimum Gasteiger partial charge on any atom is -0.394 e. The summed E-state index contributed by atoms with van der Waals surface area (Å²) in [5, 5.41) is 101. The van der Waals surface area contributed by atoms with E-state index in [9.17, 15) is 50.4 Å². The number of carbonyl (C=O) groups excluding carboxylic acids is 2. The van der Waals surface area contributed by atoms with Gasteiger partial charge in [0.2, 0.25) is 0 Å². The molecular formula is C25H46N2O12. The summed E-state index contributed by atoms with van der Waals surface area (Å²) in [6, 6.07) is -0.388. The van der Waals surface area contributed by atoms with E-state index in [1.54, 1.807) is 0 Å². The minimum absolute atomic E-state index is 0.194. The van der Waals surface area contributed by atoms with Crippen molar-refractivity contribution in [2.24, 2.45) is 11.8 Å². The molecule has 0 bridgehead atoms. The van der Waals surface area contributed by atoms with Crippen LogP contribution in [0, 0.1) is 11.8 Å². The zero-order valence-electron chi connectivity index (χ0n) is 22.0. The third kappa shape index (κ3) is 9.85. The Labute approximate surface area is 227 Å². The molecule has 0 radical (unpaired) electrons. The number of carbonyl (C=O) groups is 2. The number of aliphatic hydroxyl groups is 10. The topological polar surface area (TPSA) is 260 Å². The Bertz CT molecular complexity index is 685. The minimum atomic E-state index is -1.95. The second-order valence-corrected chi connectivity index (χ2v) is 11.0. The summed E-state index contributed by atoms with van der Waals surface area (Å²) < 4.78 is 0. The predicted octanol–water partition coefficient (Wildman–Crippen LogP) is -4.40. The van der Waals surface area contributed by atoms with Crippen LogP contribution in [0.2, 0.25) is 0 Å². The third-order valence-corrected chi connectivity index (χ3v) is 8.10. The first-order chi connectivity index (χ1) is 18.4. The second kappa shape index (κ2) is 16.1. The zero-order valence-corrected chi connectivity index (χ0v) is 22.0. The van der Waals surface area contributed by atoms with Crippen LogP contribution < -0.4 is 10.6 Å². The number of amides is 2. The Hall–Kier alpha value is -1.46. The van der Waals surface area contributed by atoms with Gasteiger partial charge < -0.3 is 61.7 Å². The lowest BCUT2D eigenvalue weighted by atomic mass is 9.75. The van der Waals surface area contributed by atoms with E-state index in [2.05, 4.69) is 10.6 Å². The number of hydrogen-bond donors (Lipinski definition) is 12. The number of nitrogens with one attached hydrogen (secondary N) is 2. The van der Waals surface area contributed by atoms with E-state index < -0.39 is 73.9 Å². The molecule has 2 amide bonds. The first kappa shape index (κ1) is 33.7. The first-order valence-corrected chi connectivity index (χ1v) is 13.7. The van der Waals surface area contributed by atoms with Crippen molar-refractivity contribution in [3.8, 4) is 0 Å². The van der Waals surface area contributed by atoms with Gasteiger partial charge in [0.15, 0.2) is 12.2 Å². The van der Waals surface area contributed by atoms with Crippen LogP contribution >= 0.6 is 0 Å². The van der Waals surface area contributed by atoms with Gasteiger partial charge in [-0.05, 0) is 69.6 Å². The molecule has 0 unspecified atom stereocenters. The maximum absolute atomic E-state index is 12.3. The highest BCUT2D eigenvalue weighted by Crippen LogP contribution is 2.35. The van der Waals surface area contributed by atoms with Crippen molar-refractivity contribution in [1.29, 1.82) is 0 Å². The fourth-order valence-corrected chi connectivity index (χ4v) is 5.48. The lowest BCUT2D eigenvalue weighted by Crippen LogP contribution is -2.53. The molecule has 12 N–H and O–H groups in total. The average Bonchev–Trinajstić information content (AvgIpc) is 2.95. The summed E-state index contributed by atoms with van der Waals surface area (Å²) in [7, 11) is 0. The molecule has 0 aromatic heterocycles. The monoisotopic (exact) mass is 566 g/mol. The third-order valence-electron chi connectivity index (χ3n) is 8.10. The molecule has 39 heavy (non-hydrogen) atoms. The smallest absolute Gasteiger partial charge is 0.251 e. The van der Waals surface area contributed by atoms with Crippen molar-refractivity contribution in [3.63, 3.8) is 0 Å². The van der Waals surface area contributed by atoms with Crippen molar-refractivity contribution in [2.75, 3.05) is 13.2 Å². The molecule has 2 fully saturated rings. The average molecular weight is 567 g/mol. The fraction of sp³-hybridized carbons (Fsp3) is 0.920. The molecular weight excluding hydrogens is 520 g/mol. The highest BCUT2D eigenvalue weighted by Gasteiger charge is 2.37. The van der Waals surface area contributed by atoms with Gasteiger partial charge in [-0.3, -0.25) is 9.59 Å². The fourth-order valence-electron chi connectivity index (χ4n) is 5.48. The highest BCUT2D eigenvalue weighted by atomic mass is 16.4. The van der Waals surface area contributed by atoms with Crippen LogP contribution in [-0.2, 0) is 9.59 Å². The standard InChI is InChI=1S/C25H46N2O12/c28-10-16(30)18(32)20(34)22(36)24(38)26-14-5-1-12(2-6-14)9-13-3-7-15(8-4-13)27-25(39)23(37)21(35)19(33)17(31)11-29/h12-23,28-37H,1-11H2,(H,26,38)(H,27,39)/t12?,13?,14?,15?,16-,17-,18-,19-,20+,21+,22-,23-/m1/s1. The molecule has 0 saturated heterocycles. The SMILES string of the molecule is O=C(NC1CCC(CC2CCC(NC(=O)[C@H](O)[C@@H](O)[C@H](O)[C@H](O)CO)CC2)CC1)[C@H](O)[C@@H](O)[C@H](O)[C@H](O)CO. The number of aliphatic hydroxyl groups excluding tert-OH is 10. The molecule has 2 aliphatic rings. The summed E-state index contributed by atoms with van der Waals surface area (Å²) in [4.78, 5) is 24.5. The molecule has 2 saturated carbocycles. The predicted molar refractivity (Wildman–Crippen MR) is 135 cm³/mol. The number of rotatable bonds is 14. The molecule has 0 heterocycles. The van der Waals surface area contributed by atoms with Gasteiger partial charge in [0.25, 0.3) is 11.8 Å². The molecule has 14 nitrogen and oxygen atoms in total. The maximum atomic E-state index is 12.3. The second-order valence-electron chi connectivity index (χ2n) is 11.0. The Morgan fingerprint density at radius 1 is 0.538 bits per heavy atom. The molecule has 0 aliphatic heterocycles. The van der Waals surface area contributed by atoms with E-state index in [0.717, 1.165) is 32.1 Å². The van der Waals surface area contributed by atoms with Crippen LogP contribution in [0.25, 0.3) is 0 Å². The van der Waals surface area contributed by atoms with E-state index in [1.807, 2.05) is 0 Å². The first-order valence-electron chi connectivity index (χ1n) is 13.7. The largest absolute Gasteiger partial charge is 0.394 e. The molecule has 0 aromatic rings. The zero-order chi connectivity index (χ0) is 29.3. The van der Waals surface area contributed by atoms with Crippen molar-refractivity contribution < 1.29 is 60.7 Å². The molecule has 2 rings (SSSR count). The van der Waals surface area contributed by atoms with Crippen LogP contribution in [-0.4, -0.2) is 137 Å². The van der Waals surface area contributed by atoms with Crippen LogP contribution in [0.5, 0.6) is 0 Å². The lowest BCUT2D eigenvalue weighted by molar-refractivity contribution is -0.150. The van der Waals surface area contributed by atoms with Gasteiger partial charge in [0, 0.05) is 12.1 Å². The highest BCUT2D eigenvalue weighted by molar-refractivity contribution is 5.82. The summed E-state index contributed by atoms with van der Waals surface area (Å²) in [6.45, 7) is -1.66. The Balaban J connectivity index is 1.68. The summed E-state index contributed by atoms with van der Waals surface area (Å²) in [5.41, 5.74) is 0. The van der Waals surface area contributed by atoms with Gasteiger partial charge in [-0.1, -0.05) is 0 Å². The van der Waals surface area contributed by atoms with Gasteiger partial charge in [0.05, 0.1) is 13.2 Å². The maximum Gasteiger partial charge on any atom is 0.251 e. The van der Waals surface area contributed by atoms with Crippen molar-refractivity contribution in [2.45, 2.75) is 119 Å². The summed E-state index contributed by atoms with van der Waals surface area (Å²) in [6.07, 6.45) is -7.73. The van der Waals surface area contributed by atoms with Crippen LogP contribution in [0.1, 0.15) is 57.8 Å². The Morgan fingerprint density at radius 3 is 1.13 bits per heavy atom. The van der Waals surface area contributed by atoms with E-state index in [4.69, 9.17) is 10.2 Å². The summed E-state index contributed by atoms with van der Waals surface area (Å²) in [5.74, 6) is -0.815. The Morgan fingerprint density at radius 2 is 0.846 bits per heavy atom. The van der Waals surface area contributed by atoms with Crippen molar-refractivity contribution >= 4 is 11.8 Å². The molecule has 8 atom stereocenters. The van der Waals surface area contributed by atoms with Crippen molar-refractivity contribution in [3.05, 3.63) is 0 Å².